The molecule has 0 spiro atoms. The van der Waals surface area contributed by atoms with Crippen LogP contribution in [0.1, 0.15) is 25.7 Å². The fourth-order valence-electron chi connectivity index (χ4n) is 1.98. The second kappa shape index (κ2) is 5.64. The Morgan fingerprint density at radius 1 is 1.47 bits per heavy atom. The number of rotatable bonds is 4. The van der Waals surface area contributed by atoms with Crippen LogP contribution in [0.15, 0.2) is 11.4 Å². The highest BCUT2D eigenvalue weighted by molar-refractivity contribution is 7.99. The standard InChI is InChI=1S/C10H12ClN3O2S/c11-9-8(14(15)16)10(13-6-12-9)17-5-7-3-1-2-4-7/h6-7H,1-5H2. The van der Waals surface area contributed by atoms with E-state index in [0.717, 1.165) is 5.75 Å². The van der Waals surface area contributed by atoms with Crippen molar-refractivity contribution in [1.29, 1.82) is 0 Å². The Labute approximate surface area is 108 Å². The topological polar surface area (TPSA) is 68.9 Å². The summed E-state index contributed by atoms with van der Waals surface area (Å²) in [5.74, 6) is 1.52. The van der Waals surface area contributed by atoms with Crippen LogP contribution in [0.4, 0.5) is 5.69 Å². The van der Waals surface area contributed by atoms with Gasteiger partial charge in [-0.25, -0.2) is 9.97 Å². The summed E-state index contributed by atoms with van der Waals surface area (Å²) in [5.41, 5.74) is -0.169. The first-order valence-electron chi connectivity index (χ1n) is 5.46. The quantitative estimate of drug-likeness (QED) is 0.364. The number of nitrogens with zero attached hydrogens (tertiary/aromatic N) is 3. The molecule has 0 N–H and O–H groups in total. The second-order valence-electron chi connectivity index (χ2n) is 4.04. The number of hydrogen-bond acceptors (Lipinski definition) is 5. The van der Waals surface area contributed by atoms with Crippen LogP contribution in [-0.4, -0.2) is 20.6 Å². The molecule has 0 aromatic carbocycles. The maximum absolute atomic E-state index is 10.9. The van der Waals surface area contributed by atoms with Gasteiger partial charge >= 0.3 is 5.69 Å². The van der Waals surface area contributed by atoms with E-state index in [2.05, 4.69) is 9.97 Å². The van der Waals surface area contributed by atoms with Crippen molar-refractivity contribution in [3.63, 3.8) is 0 Å². The van der Waals surface area contributed by atoms with E-state index < -0.39 is 4.92 Å². The normalized spacial score (nSPS) is 16.3. The SMILES string of the molecule is O=[N+]([O-])c1c(Cl)ncnc1SCC1CCCC1. The molecule has 0 bridgehead atoms. The third kappa shape index (κ3) is 3.07. The van der Waals surface area contributed by atoms with Crippen LogP contribution in [0.5, 0.6) is 0 Å². The molecule has 1 aliphatic carbocycles. The Morgan fingerprint density at radius 3 is 2.82 bits per heavy atom. The lowest BCUT2D eigenvalue weighted by Crippen LogP contribution is -2.00. The summed E-state index contributed by atoms with van der Waals surface area (Å²) in [4.78, 5) is 17.9. The van der Waals surface area contributed by atoms with Gasteiger partial charge in [-0.2, -0.15) is 0 Å². The Bertz CT molecular complexity index is 424. The number of aromatic nitrogens is 2. The van der Waals surface area contributed by atoms with Crippen molar-refractivity contribution in [2.75, 3.05) is 5.75 Å². The smallest absolute Gasteiger partial charge is 0.258 e. The lowest BCUT2D eigenvalue weighted by atomic mass is 10.1. The lowest BCUT2D eigenvalue weighted by molar-refractivity contribution is -0.388. The molecule has 1 saturated carbocycles. The first-order chi connectivity index (χ1) is 8.18. The zero-order valence-electron chi connectivity index (χ0n) is 9.13. The van der Waals surface area contributed by atoms with Gasteiger partial charge in [-0.3, -0.25) is 10.1 Å². The maximum atomic E-state index is 10.9. The summed E-state index contributed by atoms with van der Waals surface area (Å²) in [7, 11) is 0. The zero-order valence-corrected chi connectivity index (χ0v) is 10.7. The van der Waals surface area contributed by atoms with Crippen LogP contribution in [-0.2, 0) is 0 Å². The van der Waals surface area contributed by atoms with Gasteiger partial charge in [0.2, 0.25) is 5.15 Å². The van der Waals surface area contributed by atoms with Gasteiger partial charge in [0.05, 0.1) is 4.92 Å². The predicted molar refractivity (Wildman–Crippen MR) is 66.4 cm³/mol. The molecule has 1 fully saturated rings. The van der Waals surface area contributed by atoms with Crippen molar-refractivity contribution < 1.29 is 4.92 Å². The Balaban J connectivity index is 2.09. The molecular formula is C10H12ClN3O2S. The maximum Gasteiger partial charge on any atom is 0.338 e. The number of hydrogen-bond donors (Lipinski definition) is 0. The fraction of sp³-hybridized carbons (Fsp3) is 0.600. The van der Waals surface area contributed by atoms with Gasteiger partial charge in [0, 0.05) is 5.75 Å². The molecule has 92 valence electrons. The van der Waals surface area contributed by atoms with E-state index in [9.17, 15) is 10.1 Å². The average molecular weight is 274 g/mol. The molecule has 0 saturated heterocycles. The van der Waals surface area contributed by atoms with Gasteiger partial charge < -0.3 is 0 Å². The van der Waals surface area contributed by atoms with Gasteiger partial charge in [0.15, 0.2) is 5.03 Å². The molecule has 2 rings (SSSR count). The Kier molecular flexibility index (Phi) is 4.17. The van der Waals surface area contributed by atoms with Gasteiger partial charge in [-0.15, -0.1) is 0 Å². The van der Waals surface area contributed by atoms with E-state index in [1.54, 1.807) is 0 Å². The van der Waals surface area contributed by atoms with Crippen molar-refractivity contribution in [1.82, 2.24) is 9.97 Å². The molecule has 1 aromatic heterocycles. The molecule has 0 aliphatic heterocycles. The largest absolute Gasteiger partial charge is 0.338 e. The third-order valence-corrected chi connectivity index (χ3v) is 4.34. The zero-order chi connectivity index (χ0) is 12.3. The van der Waals surface area contributed by atoms with Gasteiger partial charge in [0.1, 0.15) is 6.33 Å². The molecule has 0 atom stereocenters. The summed E-state index contributed by atoms with van der Waals surface area (Å²) < 4.78 is 0. The summed E-state index contributed by atoms with van der Waals surface area (Å²) in [6, 6.07) is 0. The van der Waals surface area contributed by atoms with Crippen LogP contribution in [0.25, 0.3) is 0 Å². The molecule has 0 unspecified atom stereocenters. The highest BCUT2D eigenvalue weighted by atomic mass is 35.5. The van der Waals surface area contributed by atoms with Crippen molar-refractivity contribution in [3.05, 3.63) is 21.6 Å². The summed E-state index contributed by atoms with van der Waals surface area (Å²) in [5, 5.41) is 11.2. The minimum atomic E-state index is -0.515. The Morgan fingerprint density at radius 2 is 2.18 bits per heavy atom. The second-order valence-corrected chi connectivity index (χ2v) is 5.40. The third-order valence-electron chi connectivity index (χ3n) is 2.86. The van der Waals surface area contributed by atoms with Crippen LogP contribution >= 0.6 is 23.4 Å². The average Bonchev–Trinajstić information content (AvgIpc) is 2.78. The van der Waals surface area contributed by atoms with E-state index in [-0.39, 0.29) is 10.8 Å². The molecule has 17 heavy (non-hydrogen) atoms. The first kappa shape index (κ1) is 12.6. The Hall–Kier alpha value is -0.880. The fourth-order valence-corrected chi connectivity index (χ4v) is 3.39. The molecule has 1 aromatic rings. The van der Waals surface area contributed by atoms with Crippen molar-refractivity contribution >= 4 is 29.1 Å². The van der Waals surface area contributed by atoms with Gasteiger partial charge in [-0.1, -0.05) is 36.2 Å². The van der Waals surface area contributed by atoms with Crippen molar-refractivity contribution in [2.45, 2.75) is 30.7 Å². The van der Waals surface area contributed by atoms with Crippen LogP contribution < -0.4 is 0 Å². The van der Waals surface area contributed by atoms with Gasteiger partial charge in [0.25, 0.3) is 0 Å². The van der Waals surface area contributed by atoms with Crippen LogP contribution in [0.2, 0.25) is 5.15 Å². The molecule has 1 heterocycles. The van der Waals surface area contributed by atoms with Crippen molar-refractivity contribution in [2.24, 2.45) is 5.92 Å². The summed E-state index contributed by atoms with van der Waals surface area (Å²) in [6.07, 6.45) is 6.21. The van der Waals surface area contributed by atoms with E-state index in [0.29, 0.717) is 10.9 Å². The highest BCUT2D eigenvalue weighted by Crippen LogP contribution is 2.35. The van der Waals surface area contributed by atoms with Crippen LogP contribution in [0, 0.1) is 16.0 Å². The van der Waals surface area contributed by atoms with E-state index >= 15 is 0 Å². The number of halogens is 1. The molecule has 0 radical (unpaired) electrons. The van der Waals surface area contributed by atoms with Gasteiger partial charge in [-0.05, 0) is 18.8 Å². The minimum Gasteiger partial charge on any atom is -0.258 e. The minimum absolute atomic E-state index is 0.0843. The lowest BCUT2D eigenvalue weighted by Gasteiger charge is -2.07. The highest BCUT2D eigenvalue weighted by Gasteiger charge is 2.23. The molecule has 5 nitrogen and oxygen atoms in total. The molecular weight excluding hydrogens is 262 g/mol. The number of nitro groups is 1. The monoisotopic (exact) mass is 273 g/mol. The first-order valence-corrected chi connectivity index (χ1v) is 6.82. The molecule has 7 heteroatoms. The summed E-state index contributed by atoms with van der Waals surface area (Å²) >= 11 is 7.12. The van der Waals surface area contributed by atoms with Crippen molar-refractivity contribution in [3.8, 4) is 0 Å². The molecule has 0 amide bonds. The van der Waals surface area contributed by atoms with E-state index in [1.807, 2.05) is 0 Å². The van der Waals surface area contributed by atoms with E-state index in [1.165, 1.54) is 43.8 Å². The van der Waals surface area contributed by atoms with E-state index in [4.69, 9.17) is 11.6 Å². The predicted octanol–water partition coefficient (Wildman–Crippen LogP) is 3.32. The van der Waals surface area contributed by atoms with Crippen LogP contribution in [0.3, 0.4) is 0 Å². The summed E-state index contributed by atoms with van der Waals surface area (Å²) in [6.45, 7) is 0. The molecule has 1 aliphatic rings. The number of thioether (sulfide) groups is 1.